The van der Waals surface area contributed by atoms with E-state index in [9.17, 15) is 8.42 Å². The molecule has 1 N–H and O–H groups in total. The maximum absolute atomic E-state index is 12.6. The van der Waals surface area contributed by atoms with Gasteiger partial charge in [-0.1, -0.05) is 0 Å². The molecule has 1 spiro atoms. The molecule has 3 fully saturated rings. The van der Waals surface area contributed by atoms with E-state index in [1.54, 1.807) is 7.05 Å². The number of rotatable bonds is 6. The summed E-state index contributed by atoms with van der Waals surface area (Å²) in [5, 5.41) is 6.05. The molecule has 0 aliphatic carbocycles. The summed E-state index contributed by atoms with van der Waals surface area (Å²) in [5.41, 5.74) is 1.14. The zero-order valence-electron chi connectivity index (χ0n) is 15.1. The van der Waals surface area contributed by atoms with Crippen molar-refractivity contribution in [1.82, 2.24) is 23.8 Å². The second-order valence-electron chi connectivity index (χ2n) is 7.93. The highest BCUT2D eigenvalue weighted by atomic mass is 32.2. The fourth-order valence-corrected chi connectivity index (χ4v) is 6.65. The minimum absolute atomic E-state index is 0.0987. The van der Waals surface area contributed by atoms with Gasteiger partial charge in [-0.25, -0.2) is 17.5 Å². The maximum atomic E-state index is 12.6. The summed E-state index contributed by atoms with van der Waals surface area (Å²) in [6, 6.07) is 0. The maximum Gasteiger partial charge on any atom is 0.243 e. The molecule has 2 bridgehead atoms. The molecule has 10 heteroatoms. The van der Waals surface area contributed by atoms with Crippen LogP contribution in [-0.2, 0) is 28.4 Å². The molecule has 3 saturated heterocycles. The van der Waals surface area contributed by atoms with Gasteiger partial charge in [0.05, 0.1) is 17.9 Å². The van der Waals surface area contributed by atoms with Crippen LogP contribution in [0.2, 0.25) is 0 Å². The third kappa shape index (κ3) is 3.03. The minimum atomic E-state index is -3.54. The van der Waals surface area contributed by atoms with Gasteiger partial charge in [0.25, 0.3) is 0 Å². The molecular formula is C17H23N5O3S2. The lowest BCUT2D eigenvalue weighted by Gasteiger charge is -2.29. The summed E-state index contributed by atoms with van der Waals surface area (Å²) < 4.78 is 40.0. The molecule has 0 saturated carbocycles. The number of aryl methyl sites for hydroxylation is 1. The molecule has 0 aromatic carbocycles. The van der Waals surface area contributed by atoms with Crippen LogP contribution in [0, 0.1) is 11.8 Å². The average molecular weight is 410 g/mol. The van der Waals surface area contributed by atoms with E-state index < -0.39 is 10.0 Å². The van der Waals surface area contributed by atoms with Crippen LogP contribution < -0.4 is 4.72 Å². The van der Waals surface area contributed by atoms with Gasteiger partial charge in [0.15, 0.2) is 0 Å². The molecule has 27 heavy (non-hydrogen) atoms. The van der Waals surface area contributed by atoms with E-state index in [2.05, 4.69) is 24.5 Å². The fourth-order valence-electron chi connectivity index (χ4n) is 5.07. The Balaban J connectivity index is 1.28. The molecule has 0 unspecified atom stereocenters. The second-order valence-corrected chi connectivity index (χ2v) is 10.4. The van der Waals surface area contributed by atoms with E-state index >= 15 is 0 Å². The number of ether oxygens (including phenoxy) is 1. The molecule has 0 amide bonds. The Bertz CT molecular complexity index is 928. The highest BCUT2D eigenvalue weighted by molar-refractivity contribution is 7.89. The minimum Gasteiger partial charge on any atom is -0.370 e. The van der Waals surface area contributed by atoms with Gasteiger partial charge in [0.1, 0.15) is 4.90 Å². The van der Waals surface area contributed by atoms with Crippen molar-refractivity contribution in [1.29, 1.82) is 0 Å². The molecular weight excluding hydrogens is 386 g/mol. The van der Waals surface area contributed by atoms with Crippen LogP contribution in [-0.4, -0.2) is 58.8 Å². The SMILES string of the molecule is Cn1cc(S(=O)(=O)NC[C@H]2[C@H]3CN(Cc4cnsc4)C[C@]34CC[C@H]2O4)cn1. The van der Waals surface area contributed by atoms with E-state index in [0.717, 1.165) is 32.5 Å². The summed E-state index contributed by atoms with van der Waals surface area (Å²) >= 11 is 1.48. The van der Waals surface area contributed by atoms with Gasteiger partial charge in [-0.3, -0.25) is 9.58 Å². The van der Waals surface area contributed by atoms with E-state index in [4.69, 9.17) is 4.74 Å². The number of nitrogens with one attached hydrogen (secondary N) is 1. The standard InChI is InChI=1S/C17H23N5O3S2/c1-21-8-13(5-18-21)27(23,24)20-6-14-15-9-22(7-12-4-19-26-10-12)11-17(15)3-2-16(14)25-17/h4-5,8,10,14-16,20H,2-3,6-7,9,11H2,1H3/t14-,15+,16+,17+/m0/s1. The van der Waals surface area contributed by atoms with Crippen LogP contribution in [0.1, 0.15) is 18.4 Å². The first kappa shape index (κ1) is 17.7. The Labute approximate surface area is 162 Å². The lowest BCUT2D eigenvalue weighted by Crippen LogP contribution is -2.41. The summed E-state index contributed by atoms with van der Waals surface area (Å²) in [7, 11) is -1.83. The third-order valence-electron chi connectivity index (χ3n) is 6.24. The molecule has 2 aromatic rings. The van der Waals surface area contributed by atoms with E-state index in [1.807, 2.05) is 6.20 Å². The van der Waals surface area contributed by atoms with Crippen LogP contribution in [0.4, 0.5) is 0 Å². The van der Waals surface area contributed by atoms with Gasteiger partial charge in [-0.2, -0.15) is 5.10 Å². The Hall–Kier alpha value is -1.33. The molecule has 0 radical (unpaired) electrons. The predicted octanol–water partition coefficient (Wildman–Crippen LogP) is 0.834. The van der Waals surface area contributed by atoms with E-state index in [0.29, 0.717) is 12.5 Å². The first-order valence-corrected chi connectivity index (χ1v) is 11.5. The largest absolute Gasteiger partial charge is 0.370 e. The van der Waals surface area contributed by atoms with Gasteiger partial charge >= 0.3 is 0 Å². The van der Waals surface area contributed by atoms with Crippen molar-refractivity contribution in [3.05, 3.63) is 29.5 Å². The summed E-state index contributed by atoms with van der Waals surface area (Å²) in [6.07, 6.45) is 7.09. The number of nitrogens with zero attached hydrogens (tertiary/aromatic N) is 4. The summed E-state index contributed by atoms with van der Waals surface area (Å²) in [6.45, 7) is 3.18. The Morgan fingerprint density at radius 3 is 3.07 bits per heavy atom. The van der Waals surface area contributed by atoms with Crippen LogP contribution in [0.5, 0.6) is 0 Å². The number of hydrogen-bond donors (Lipinski definition) is 1. The molecule has 8 nitrogen and oxygen atoms in total. The summed E-state index contributed by atoms with van der Waals surface area (Å²) in [4.78, 5) is 2.64. The lowest BCUT2D eigenvalue weighted by atomic mass is 9.74. The van der Waals surface area contributed by atoms with Gasteiger partial charge in [-0.15, -0.1) is 0 Å². The van der Waals surface area contributed by atoms with Crippen molar-refractivity contribution in [3.8, 4) is 0 Å². The smallest absolute Gasteiger partial charge is 0.243 e. The van der Waals surface area contributed by atoms with Crippen molar-refractivity contribution in [2.75, 3.05) is 19.6 Å². The first-order chi connectivity index (χ1) is 13.0. The Morgan fingerprint density at radius 2 is 2.33 bits per heavy atom. The summed E-state index contributed by atoms with van der Waals surface area (Å²) in [5.74, 6) is 0.593. The quantitative estimate of drug-likeness (QED) is 0.760. The first-order valence-electron chi connectivity index (χ1n) is 9.22. The van der Waals surface area contributed by atoms with Crippen LogP contribution in [0.3, 0.4) is 0 Å². The van der Waals surface area contributed by atoms with E-state index in [1.165, 1.54) is 34.2 Å². The second kappa shape index (κ2) is 6.35. The van der Waals surface area contributed by atoms with Crippen LogP contribution in [0.25, 0.3) is 0 Å². The van der Waals surface area contributed by atoms with Gasteiger partial charge in [-0.05, 0) is 29.9 Å². The van der Waals surface area contributed by atoms with E-state index in [-0.39, 0.29) is 22.5 Å². The van der Waals surface area contributed by atoms with Gasteiger partial charge < -0.3 is 4.74 Å². The fraction of sp³-hybridized carbons (Fsp3) is 0.647. The number of likely N-dealkylation sites (tertiary alicyclic amines) is 1. The topological polar surface area (TPSA) is 89.4 Å². The normalized spacial score (nSPS) is 33.0. The highest BCUT2D eigenvalue weighted by Crippen LogP contribution is 2.54. The Kier molecular flexibility index (Phi) is 4.17. The average Bonchev–Trinajstić information content (AvgIpc) is 3.40. The molecule has 3 aliphatic heterocycles. The van der Waals surface area contributed by atoms with Crippen LogP contribution in [0.15, 0.2) is 28.9 Å². The lowest BCUT2D eigenvalue weighted by molar-refractivity contribution is 0.00220. The number of sulfonamides is 1. The molecule has 5 rings (SSSR count). The zero-order chi connectivity index (χ0) is 18.6. The molecule has 5 heterocycles. The Morgan fingerprint density at radius 1 is 1.44 bits per heavy atom. The monoisotopic (exact) mass is 409 g/mol. The van der Waals surface area contributed by atoms with Crippen molar-refractivity contribution in [2.45, 2.75) is 36.0 Å². The molecule has 4 atom stereocenters. The van der Waals surface area contributed by atoms with Crippen molar-refractivity contribution >= 4 is 21.6 Å². The highest BCUT2D eigenvalue weighted by Gasteiger charge is 2.62. The van der Waals surface area contributed by atoms with Gasteiger partial charge in [0, 0.05) is 62.8 Å². The van der Waals surface area contributed by atoms with Gasteiger partial charge in [0.2, 0.25) is 10.0 Å². The third-order valence-corrected chi connectivity index (χ3v) is 8.26. The van der Waals surface area contributed by atoms with Crippen molar-refractivity contribution < 1.29 is 13.2 Å². The van der Waals surface area contributed by atoms with Crippen LogP contribution >= 0.6 is 11.5 Å². The molecule has 146 valence electrons. The molecule has 3 aliphatic rings. The molecule has 2 aromatic heterocycles. The number of aromatic nitrogens is 3. The number of fused-ring (bicyclic) bond motifs is 1. The zero-order valence-corrected chi connectivity index (χ0v) is 16.7. The predicted molar refractivity (Wildman–Crippen MR) is 99.6 cm³/mol. The van der Waals surface area contributed by atoms with Crippen molar-refractivity contribution in [2.24, 2.45) is 18.9 Å². The number of hydrogen-bond acceptors (Lipinski definition) is 7. The van der Waals surface area contributed by atoms with Crippen molar-refractivity contribution in [3.63, 3.8) is 0 Å².